The number of nitrogens with one attached hydrogen (secondary N) is 2. The summed E-state index contributed by atoms with van der Waals surface area (Å²) in [5, 5.41) is 3.69. The number of aromatic nitrogens is 2. The Balaban J connectivity index is 1.69. The molecule has 1 aromatic heterocycles. The monoisotopic (exact) mass is 459 g/mol. The molecule has 0 radical (unpaired) electrons. The van der Waals surface area contributed by atoms with Crippen molar-refractivity contribution >= 4 is 44.8 Å². The zero-order valence-electron chi connectivity index (χ0n) is 17.8. The molecule has 0 amide bonds. The molecule has 164 valence electrons. The number of hydrogen-bond acceptors (Lipinski definition) is 6. The van der Waals surface area contributed by atoms with Crippen molar-refractivity contribution in [2.75, 3.05) is 28.0 Å². The van der Waals surface area contributed by atoms with E-state index in [4.69, 9.17) is 11.6 Å². The number of sulfonamides is 1. The number of nitrogens with zero attached hydrogens (tertiary/aromatic N) is 3. The summed E-state index contributed by atoms with van der Waals surface area (Å²) in [6, 6.07) is 15.7. The Morgan fingerprint density at radius 1 is 0.968 bits per heavy atom. The molecule has 3 aromatic rings. The van der Waals surface area contributed by atoms with Crippen LogP contribution in [0.2, 0.25) is 5.02 Å². The molecule has 31 heavy (non-hydrogen) atoms. The van der Waals surface area contributed by atoms with Crippen LogP contribution in [0.3, 0.4) is 0 Å². The molecule has 2 N–H and O–H groups in total. The van der Waals surface area contributed by atoms with Crippen molar-refractivity contribution in [3.63, 3.8) is 0 Å². The molecule has 0 aliphatic heterocycles. The van der Waals surface area contributed by atoms with E-state index in [1.54, 1.807) is 48.5 Å². The van der Waals surface area contributed by atoms with E-state index in [2.05, 4.69) is 38.8 Å². The summed E-state index contributed by atoms with van der Waals surface area (Å²) >= 11 is 5.94. The number of halogens is 1. The first kappa shape index (κ1) is 22.8. The highest BCUT2D eigenvalue weighted by atomic mass is 35.5. The minimum atomic E-state index is -3.56. The standard InChI is InChI=1S/C22H26ClN5O2S/c1-4-28(5-2)21-13-16(3)24-22(26-21)25-19-9-11-20(12-10-19)27-31(29,30)15-17-7-6-8-18(23)14-17/h6-14,27H,4-5,15H2,1-3H3,(H,24,25,26). The summed E-state index contributed by atoms with van der Waals surface area (Å²) in [7, 11) is -3.56. The smallest absolute Gasteiger partial charge is 0.236 e. The fourth-order valence-corrected chi connectivity index (χ4v) is 4.53. The first-order valence-electron chi connectivity index (χ1n) is 10.0. The molecule has 0 saturated heterocycles. The van der Waals surface area contributed by atoms with Gasteiger partial charge in [-0.3, -0.25) is 4.72 Å². The third-order valence-electron chi connectivity index (χ3n) is 4.59. The normalized spacial score (nSPS) is 11.2. The van der Waals surface area contributed by atoms with Crippen molar-refractivity contribution in [3.05, 3.63) is 70.9 Å². The van der Waals surface area contributed by atoms with Crippen molar-refractivity contribution in [3.8, 4) is 0 Å². The summed E-state index contributed by atoms with van der Waals surface area (Å²) in [4.78, 5) is 11.2. The average molecular weight is 460 g/mol. The maximum Gasteiger partial charge on any atom is 0.236 e. The van der Waals surface area contributed by atoms with Crippen molar-refractivity contribution in [1.29, 1.82) is 0 Å². The Bertz CT molecular complexity index is 1130. The van der Waals surface area contributed by atoms with Crippen LogP contribution in [0.4, 0.5) is 23.1 Å². The summed E-state index contributed by atoms with van der Waals surface area (Å²) < 4.78 is 27.5. The SMILES string of the molecule is CCN(CC)c1cc(C)nc(Nc2ccc(NS(=O)(=O)Cc3cccc(Cl)c3)cc2)n1. The lowest BCUT2D eigenvalue weighted by Gasteiger charge is -2.20. The Morgan fingerprint density at radius 2 is 1.65 bits per heavy atom. The number of aryl methyl sites for hydroxylation is 1. The first-order chi connectivity index (χ1) is 14.8. The quantitative estimate of drug-likeness (QED) is 0.469. The van der Waals surface area contributed by atoms with Crippen LogP contribution in [0.5, 0.6) is 0 Å². The molecule has 0 aliphatic carbocycles. The second-order valence-electron chi connectivity index (χ2n) is 7.06. The zero-order chi connectivity index (χ0) is 22.4. The number of rotatable bonds is 9. The molecule has 2 aromatic carbocycles. The van der Waals surface area contributed by atoms with Gasteiger partial charge < -0.3 is 10.2 Å². The summed E-state index contributed by atoms with van der Waals surface area (Å²) in [6.07, 6.45) is 0. The minimum Gasteiger partial charge on any atom is -0.357 e. The summed E-state index contributed by atoms with van der Waals surface area (Å²) in [5.41, 5.74) is 2.72. The van der Waals surface area contributed by atoms with Gasteiger partial charge >= 0.3 is 0 Å². The van der Waals surface area contributed by atoms with Crippen molar-refractivity contribution < 1.29 is 8.42 Å². The molecule has 0 fully saturated rings. The van der Waals surface area contributed by atoms with Gasteiger partial charge in [0.1, 0.15) is 5.82 Å². The van der Waals surface area contributed by atoms with E-state index in [0.29, 0.717) is 22.2 Å². The third-order valence-corrected chi connectivity index (χ3v) is 6.08. The first-order valence-corrected chi connectivity index (χ1v) is 12.0. The lowest BCUT2D eigenvalue weighted by molar-refractivity contribution is 0.600. The molecule has 0 unspecified atom stereocenters. The van der Waals surface area contributed by atoms with E-state index >= 15 is 0 Å². The second kappa shape index (κ2) is 9.98. The van der Waals surface area contributed by atoms with E-state index < -0.39 is 10.0 Å². The van der Waals surface area contributed by atoms with Gasteiger partial charge in [0.05, 0.1) is 5.75 Å². The van der Waals surface area contributed by atoms with Gasteiger partial charge in [0.25, 0.3) is 0 Å². The highest BCUT2D eigenvalue weighted by molar-refractivity contribution is 7.91. The average Bonchev–Trinajstić information content (AvgIpc) is 2.69. The molecule has 0 atom stereocenters. The fraction of sp³-hybridized carbons (Fsp3) is 0.273. The van der Waals surface area contributed by atoms with Crippen LogP contribution in [0.25, 0.3) is 0 Å². The fourth-order valence-electron chi connectivity index (χ4n) is 3.13. The maximum atomic E-state index is 12.5. The van der Waals surface area contributed by atoms with Crippen LogP contribution in [0.15, 0.2) is 54.6 Å². The predicted octanol–water partition coefficient (Wildman–Crippen LogP) is 4.97. The molecule has 0 aliphatic rings. The van der Waals surface area contributed by atoms with E-state index in [1.807, 2.05) is 13.0 Å². The van der Waals surface area contributed by atoms with Crippen molar-refractivity contribution in [2.45, 2.75) is 26.5 Å². The molecule has 0 saturated carbocycles. The van der Waals surface area contributed by atoms with Crippen molar-refractivity contribution in [1.82, 2.24) is 9.97 Å². The van der Waals surface area contributed by atoms with E-state index in [-0.39, 0.29) is 5.75 Å². The van der Waals surface area contributed by atoms with Gasteiger partial charge in [-0.25, -0.2) is 13.4 Å². The lowest BCUT2D eigenvalue weighted by Crippen LogP contribution is -2.23. The van der Waals surface area contributed by atoms with Crippen LogP contribution in [0, 0.1) is 6.92 Å². The highest BCUT2D eigenvalue weighted by Crippen LogP contribution is 2.21. The Hall–Kier alpha value is -2.84. The predicted molar refractivity (Wildman–Crippen MR) is 128 cm³/mol. The lowest BCUT2D eigenvalue weighted by atomic mass is 10.2. The van der Waals surface area contributed by atoms with Crippen LogP contribution in [-0.2, 0) is 15.8 Å². The maximum absolute atomic E-state index is 12.5. The Kier molecular flexibility index (Phi) is 7.35. The molecular formula is C22H26ClN5O2S. The topological polar surface area (TPSA) is 87.2 Å². The Morgan fingerprint density at radius 3 is 2.29 bits per heavy atom. The summed E-state index contributed by atoms with van der Waals surface area (Å²) in [6.45, 7) is 7.81. The number of hydrogen-bond donors (Lipinski definition) is 2. The molecule has 7 nitrogen and oxygen atoms in total. The van der Waals surface area contributed by atoms with Crippen LogP contribution in [-0.4, -0.2) is 31.5 Å². The van der Waals surface area contributed by atoms with Gasteiger partial charge in [-0.1, -0.05) is 23.7 Å². The largest absolute Gasteiger partial charge is 0.357 e. The van der Waals surface area contributed by atoms with E-state index in [0.717, 1.165) is 30.3 Å². The van der Waals surface area contributed by atoms with Crippen LogP contribution >= 0.6 is 11.6 Å². The van der Waals surface area contributed by atoms with Gasteiger partial charge in [0, 0.05) is 41.2 Å². The minimum absolute atomic E-state index is 0.154. The van der Waals surface area contributed by atoms with Crippen LogP contribution in [0.1, 0.15) is 25.1 Å². The molecular weight excluding hydrogens is 434 g/mol. The van der Waals surface area contributed by atoms with Crippen LogP contribution < -0.4 is 14.9 Å². The number of anilines is 4. The number of benzene rings is 2. The van der Waals surface area contributed by atoms with Gasteiger partial charge in [-0.15, -0.1) is 0 Å². The zero-order valence-corrected chi connectivity index (χ0v) is 19.3. The molecule has 1 heterocycles. The molecule has 3 rings (SSSR count). The van der Waals surface area contributed by atoms with E-state index in [9.17, 15) is 8.42 Å². The third kappa shape index (κ3) is 6.57. The Labute approximate surface area is 188 Å². The highest BCUT2D eigenvalue weighted by Gasteiger charge is 2.13. The van der Waals surface area contributed by atoms with Gasteiger partial charge in [0.2, 0.25) is 16.0 Å². The van der Waals surface area contributed by atoms with Gasteiger partial charge in [-0.2, -0.15) is 4.98 Å². The van der Waals surface area contributed by atoms with Gasteiger partial charge in [-0.05, 0) is 62.7 Å². The molecule has 0 spiro atoms. The second-order valence-corrected chi connectivity index (χ2v) is 9.22. The molecule has 9 heteroatoms. The summed E-state index contributed by atoms with van der Waals surface area (Å²) in [5.74, 6) is 1.21. The van der Waals surface area contributed by atoms with Gasteiger partial charge in [0.15, 0.2) is 0 Å². The molecule has 0 bridgehead atoms. The van der Waals surface area contributed by atoms with Crippen molar-refractivity contribution in [2.24, 2.45) is 0 Å². The van der Waals surface area contributed by atoms with E-state index in [1.165, 1.54) is 0 Å².